The second-order valence-electron chi connectivity index (χ2n) is 4.87. The van der Waals surface area contributed by atoms with Gasteiger partial charge in [-0.25, -0.2) is 0 Å². The molecular formula is C13H28N2O2. The van der Waals surface area contributed by atoms with Gasteiger partial charge < -0.3 is 14.8 Å². The minimum absolute atomic E-state index is 0.648. The summed E-state index contributed by atoms with van der Waals surface area (Å²) in [6.07, 6.45) is 3.88. The summed E-state index contributed by atoms with van der Waals surface area (Å²) in [5.41, 5.74) is 0. The molecule has 0 aromatic heterocycles. The normalized spacial score (nSPS) is 17.6. The molecule has 0 heterocycles. The van der Waals surface area contributed by atoms with Gasteiger partial charge in [0.25, 0.3) is 0 Å². The second kappa shape index (κ2) is 8.86. The van der Waals surface area contributed by atoms with Crippen LogP contribution in [0.3, 0.4) is 0 Å². The lowest BCUT2D eigenvalue weighted by Gasteiger charge is -2.27. The van der Waals surface area contributed by atoms with Crippen molar-refractivity contribution in [2.24, 2.45) is 5.92 Å². The summed E-state index contributed by atoms with van der Waals surface area (Å²) in [6.45, 7) is 4.91. The van der Waals surface area contributed by atoms with E-state index in [9.17, 15) is 0 Å². The van der Waals surface area contributed by atoms with E-state index in [-0.39, 0.29) is 0 Å². The Bertz CT molecular complexity index is 186. The third-order valence-electron chi connectivity index (χ3n) is 3.45. The van der Waals surface area contributed by atoms with Crippen LogP contribution < -0.4 is 5.32 Å². The van der Waals surface area contributed by atoms with Gasteiger partial charge in [-0.1, -0.05) is 0 Å². The maximum atomic E-state index is 5.18. The van der Waals surface area contributed by atoms with Crippen molar-refractivity contribution in [3.05, 3.63) is 0 Å². The highest BCUT2D eigenvalue weighted by Crippen LogP contribution is 2.32. The number of methoxy groups -OCH3 is 2. The molecule has 102 valence electrons. The molecule has 1 fully saturated rings. The molecule has 17 heavy (non-hydrogen) atoms. The molecule has 4 heteroatoms. The zero-order chi connectivity index (χ0) is 12.5. The molecule has 0 bridgehead atoms. The van der Waals surface area contributed by atoms with Gasteiger partial charge in [0, 0.05) is 46.5 Å². The molecule has 1 N–H and O–H groups in total. The van der Waals surface area contributed by atoms with Gasteiger partial charge in [-0.3, -0.25) is 4.90 Å². The van der Waals surface area contributed by atoms with Crippen molar-refractivity contribution >= 4 is 0 Å². The van der Waals surface area contributed by atoms with Gasteiger partial charge in [0.05, 0.1) is 6.61 Å². The van der Waals surface area contributed by atoms with Crippen molar-refractivity contribution in [1.82, 2.24) is 10.2 Å². The van der Waals surface area contributed by atoms with Crippen molar-refractivity contribution in [2.45, 2.75) is 25.3 Å². The first kappa shape index (κ1) is 14.9. The highest BCUT2D eigenvalue weighted by atomic mass is 16.5. The Morgan fingerprint density at radius 3 is 2.41 bits per heavy atom. The van der Waals surface area contributed by atoms with E-state index in [4.69, 9.17) is 9.47 Å². The van der Waals surface area contributed by atoms with Gasteiger partial charge in [0.15, 0.2) is 0 Å². The number of ether oxygens (including phenoxy) is 2. The van der Waals surface area contributed by atoms with E-state index in [1.165, 1.54) is 12.8 Å². The topological polar surface area (TPSA) is 33.7 Å². The zero-order valence-electron chi connectivity index (χ0n) is 11.6. The fourth-order valence-electron chi connectivity index (χ4n) is 2.20. The number of nitrogens with zero attached hydrogens (tertiary/aromatic N) is 1. The highest BCUT2D eigenvalue weighted by molar-refractivity contribution is 4.87. The molecule has 0 spiro atoms. The second-order valence-corrected chi connectivity index (χ2v) is 4.87. The van der Waals surface area contributed by atoms with Crippen LogP contribution in [0.1, 0.15) is 19.3 Å². The quantitative estimate of drug-likeness (QED) is 0.549. The molecule has 0 aromatic rings. The van der Waals surface area contributed by atoms with Crippen molar-refractivity contribution in [1.29, 1.82) is 0 Å². The van der Waals surface area contributed by atoms with Crippen LogP contribution in [0, 0.1) is 5.92 Å². The first-order valence-electron chi connectivity index (χ1n) is 6.69. The summed E-state index contributed by atoms with van der Waals surface area (Å²) < 4.78 is 10.3. The maximum Gasteiger partial charge on any atom is 0.0589 e. The Morgan fingerprint density at radius 2 is 1.88 bits per heavy atom. The molecule has 1 unspecified atom stereocenters. The molecule has 4 nitrogen and oxygen atoms in total. The van der Waals surface area contributed by atoms with Gasteiger partial charge in [-0.05, 0) is 32.2 Å². The number of rotatable bonds is 11. The predicted molar refractivity (Wildman–Crippen MR) is 70.4 cm³/mol. The Hall–Kier alpha value is -0.160. The zero-order valence-corrected chi connectivity index (χ0v) is 11.6. The summed E-state index contributed by atoms with van der Waals surface area (Å²) in [7, 11) is 5.61. The standard InChI is InChI=1S/C13H28N2O2/c1-14-13(12-5-6-12)11-15(8-10-17-3)7-4-9-16-2/h12-14H,4-11H2,1-3H3. The third-order valence-corrected chi connectivity index (χ3v) is 3.45. The van der Waals surface area contributed by atoms with E-state index in [0.717, 1.165) is 45.2 Å². The van der Waals surface area contributed by atoms with E-state index in [1.807, 2.05) is 0 Å². The Morgan fingerprint density at radius 1 is 1.18 bits per heavy atom. The minimum atomic E-state index is 0.648. The lowest BCUT2D eigenvalue weighted by Crippen LogP contribution is -2.42. The average Bonchev–Trinajstić information content (AvgIpc) is 3.16. The summed E-state index contributed by atoms with van der Waals surface area (Å²) in [6, 6.07) is 0.648. The number of likely N-dealkylation sites (N-methyl/N-ethyl adjacent to an activating group) is 1. The summed E-state index contributed by atoms with van der Waals surface area (Å²) in [4.78, 5) is 2.49. The lowest BCUT2D eigenvalue weighted by atomic mass is 10.1. The fraction of sp³-hybridized carbons (Fsp3) is 1.00. The van der Waals surface area contributed by atoms with Crippen LogP contribution >= 0.6 is 0 Å². The maximum absolute atomic E-state index is 5.18. The lowest BCUT2D eigenvalue weighted by molar-refractivity contribution is 0.125. The number of hydrogen-bond acceptors (Lipinski definition) is 4. The molecule has 0 amide bonds. The van der Waals surface area contributed by atoms with Crippen LogP contribution in [-0.2, 0) is 9.47 Å². The Kier molecular flexibility index (Phi) is 7.77. The number of hydrogen-bond donors (Lipinski definition) is 1. The fourth-order valence-corrected chi connectivity index (χ4v) is 2.20. The van der Waals surface area contributed by atoms with E-state index < -0.39 is 0 Å². The summed E-state index contributed by atoms with van der Waals surface area (Å²) >= 11 is 0. The van der Waals surface area contributed by atoms with Crippen molar-refractivity contribution in [2.75, 3.05) is 54.1 Å². The summed E-state index contributed by atoms with van der Waals surface area (Å²) in [5, 5.41) is 3.45. The molecule has 1 aliphatic carbocycles. The van der Waals surface area contributed by atoms with Crippen LogP contribution in [0.2, 0.25) is 0 Å². The molecule has 1 atom stereocenters. The SMILES string of the molecule is CNC(CN(CCCOC)CCOC)C1CC1. The minimum Gasteiger partial charge on any atom is -0.385 e. The molecule has 1 aliphatic rings. The van der Waals surface area contributed by atoms with E-state index >= 15 is 0 Å². The van der Waals surface area contributed by atoms with Gasteiger partial charge in [-0.2, -0.15) is 0 Å². The van der Waals surface area contributed by atoms with E-state index in [1.54, 1.807) is 14.2 Å². The Balaban J connectivity index is 2.26. The molecular weight excluding hydrogens is 216 g/mol. The van der Waals surface area contributed by atoms with Gasteiger partial charge >= 0.3 is 0 Å². The summed E-state index contributed by atoms with van der Waals surface area (Å²) in [5.74, 6) is 0.896. The molecule has 1 rings (SSSR count). The van der Waals surface area contributed by atoms with Crippen LogP contribution in [0.5, 0.6) is 0 Å². The number of nitrogens with one attached hydrogen (secondary N) is 1. The predicted octanol–water partition coefficient (Wildman–Crippen LogP) is 0.969. The van der Waals surface area contributed by atoms with Crippen LogP contribution in [-0.4, -0.2) is 65.1 Å². The smallest absolute Gasteiger partial charge is 0.0589 e. The van der Waals surface area contributed by atoms with Crippen LogP contribution in [0.15, 0.2) is 0 Å². The Labute approximate surface area is 106 Å². The molecule has 0 aromatic carbocycles. The molecule has 0 aliphatic heterocycles. The van der Waals surface area contributed by atoms with E-state index in [0.29, 0.717) is 6.04 Å². The van der Waals surface area contributed by atoms with Gasteiger partial charge in [0.1, 0.15) is 0 Å². The highest BCUT2D eigenvalue weighted by Gasteiger charge is 2.30. The molecule has 0 radical (unpaired) electrons. The van der Waals surface area contributed by atoms with Crippen LogP contribution in [0.4, 0.5) is 0 Å². The van der Waals surface area contributed by atoms with Crippen molar-refractivity contribution in [3.63, 3.8) is 0 Å². The van der Waals surface area contributed by atoms with E-state index in [2.05, 4.69) is 17.3 Å². The van der Waals surface area contributed by atoms with Gasteiger partial charge in [-0.15, -0.1) is 0 Å². The molecule has 0 saturated heterocycles. The largest absolute Gasteiger partial charge is 0.385 e. The third kappa shape index (κ3) is 6.36. The monoisotopic (exact) mass is 244 g/mol. The first-order valence-corrected chi connectivity index (χ1v) is 6.69. The van der Waals surface area contributed by atoms with Crippen LogP contribution in [0.25, 0.3) is 0 Å². The van der Waals surface area contributed by atoms with Crippen molar-refractivity contribution in [3.8, 4) is 0 Å². The van der Waals surface area contributed by atoms with Crippen molar-refractivity contribution < 1.29 is 9.47 Å². The van der Waals surface area contributed by atoms with Gasteiger partial charge in [0.2, 0.25) is 0 Å². The molecule has 1 saturated carbocycles. The first-order chi connectivity index (χ1) is 8.31. The average molecular weight is 244 g/mol.